The Morgan fingerprint density at radius 2 is 2.44 bits per heavy atom. The van der Waals surface area contributed by atoms with Gasteiger partial charge in [-0.25, -0.2) is 4.98 Å². The third-order valence-corrected chi connectivity index (χ3v) is 3.08. The molecule has 2 rings (SSSR count). The van der Waals surface area contributed by atoms with E-state index in [1.165, 1.54) is 6.39 Å². The zero-order valence-corrected chi connectivity index (χ0v) is 10.1. The van der Waals surface area contributed by atoms with Gasteiger partial charge in [0.15, 0.2) is 5.82 Å². The lowest BCUT2D eigenvalue weighted by atomic mass is 10.2. The molecule has 5 nitrogen and oxygen atoms in total. The van der Waals surface area contributed by atoms with E-state index in [2.05, 4.69) is 37.3 Å². The molecule has 0 spiro atoms. The van der Waals surface area contributed by atoms with Crippen LogP contribution in [0.4, 0.5) is 0 Å². The highest BCUT2D eigenvalue weighted by molar-refractivity contribution is 7.09. The van der Waals surface area contributed by atoms with Gasteiger partial charge in [0.05, 0.1) is 10.7 Å². The number of aryl methyl sites for hydroxylation is 1. The van der Waals surface area contributed by atoms with Gasteiger partial charge in [0.1, 0.15) is 0 Å². The molecule has 0 aliphatic heterocycles. The number of thiazole rings is 1. The maximum Gasteiger partial charge on any atom is 0.213 e. The molecule has 1 unspecified atom stereocenters. The summed E-state index contributed by atoms with van der Waals surface area (Å²) in [7, 11) is 0. The van der Waals surface area contributed by atoms with Gasteiger partial charge in [-0.05, 0) is 13.8 Å². The van der Waals surface area contributed by atoms with Crippen molar-refractivity contribution in [2.75, 3.05) is 6.54 Å². The Balaban J connectivity index is 1.78. The second kappa shape index (κ2) is 5.18. The molecule has 6 heteroatoms. The average molecular weight is 238 g/mol. The topological polar surface area (TPSA) is 63.8 Å². The Hall–Kier alpha value is -1.27. The van der Waals surface area contributed by atoms with Crippen molar-refractivity contribution in [3.63, 3.8) is 0 Å². The average Bonchev–Trinajstić information content (AvgIpc) is 2.89. The van der Waals surface area contributed by atoms with E-state index in [9.17, 15) is 0 Å². The molecule has 0 fully saturated rings. The van der Waals surface area contributed by atoms with Crippen LogP contribution in [0.2, 0.25) is 0 Å². The number of rotatable bonds is 5. The van der Waals surface area contributed by atoms with Crippen molar-refractivity contribution < 1.29 is 4.52 Å². The highest BCUT2D eigenvalue weighted by Crippen LogP contribution is 2.15. The van der Waals surface area contributed by atoms with Crippen molar-refractivity contribution >= 4 is 11.3 Å². The lowest BCUT2D eigenvalue weighted by molar-refractivity contribution is 0.408. The number of hydrogen-bond donors (Lipinski definition) is 1. The van der Waals surface area contributed by atoms with Crippen molar-refractivity contribution in [1.29, 1.82) is 0 Å². The van der Waals surface area contributed by atoms with Crippen LogP contribution >= 0.6 is 11.3 Å². The molecular formula is C10H14N4OS. The minimum absolute atomic E-state index is 0.261. The molecule has 0 saturated heterocycles. The standard InChI is InChI=1S/C10H14N4OS/c1-7(9-5-16-8(2)13-9)11-4-3-10-12-6-15-14-10/h5-7,11H,3-4H2,1-2H3. The van der Waals surface area contributed by atoms with Gasteiger partial charge in [-0.3, -0.25) is 0 Å². The molecule has 0 aliphatic rings. The maximum atomic E-state index is 4.66. The van der Waals surface area contributed by atoms with E-state index in [1.807, 2.05) is 6.92 Å². The summed E-state index contributed by atoms with van der Waals surface area (Å²) >= 11 is 1.67. The summed E-state index contributed by atoms with van der Waals surface area (Å²) in [6, 6.07) is 0.261. The first-order valence-corrected chi connectivity index (χ1v) is 6.04. The first-order valence-electron chi connectivity index (χ1n) is 5.16. The first-order chi connectivity index (χ1) is 7.75. The fourth-order valence-corrected chi connectivity index (χ4v) is 2.09. The molecule has 2 aromatic heterocycles. The van der Waals surface area contributed by atoms with Crippen molar-refractivity contribution in [3.8, 4) is 0 Å². The summed E-state index contributed by atoms with van der Waals surface area (Å²) in [6.45, 7) is 4.93. The Bertz CT molecular complexity index is 426. The van der Waals surface area contributed by atoms with Crippen LogP contribution in [0.3, 0.4) is 0 Å². The van der Waals surface area contributed by atoms with Crippen LogP contribution in [0.25, 0.3) is 0 Å². The summed E-state index contributed by atoms with van der Waals surface area (Å²) in [6.07, 6.45) is 2.12. The highest BCUT2D eigenvalue weighted by atomic mass is 32.1. The second-order valence-electron chi connectivity index (χ2n) is 3.56. The van der Waals surface area contributed by atoms with Crippen LogP contribution < -0.4 is 5.32 Å². The predicted octanol–water partition coefficient (Wildman–Crippen LogP) is 1.73. The van der Waals surface area contributed by atoms with Crippen LogP contribution in [-0.4, -0.2) is 21.7 Å². The molecule has 0 radical (unpaired) electrons. The monoisotopic (exact) mass is 238 g/mol. The maximum absolute atomic E-state index is 4.66. The number of hydrogen-bond acceptors (Lipinski definition) is 6. The minimum Gasteiger partial charge on any atom is -0.343 e. The number of nitrogens with zero attached hydrogens (tertiary/aromatic N) is 3. The Kier molecular flexibility index (Phi) is 3.63. The van der Waals surface area contributed by atoms with Gasteiger partial charge >= 0.3 is 0 Å². The van der Waals surface area contributed by atoms with Gasteiger partial charge in [-0.2, -0.15) is 4.98 Å². The quantitative estimate of drug-likeness (QED) is 0.859. The second-order valence-corrected chi connectivity index (χ2v) is 4.63. The molecule has 0 aliphatic carbocycles. The lowest BCUT2D eigenvalue weighted by Gasteiger charge is -2.09. The van der Waals surface area contributed by atoms with Crippen LogP contribution in [0.1, 0.15) is 29.5 Å². The zero-order chi connectivity index (χ0) is 11.4. The fraction of sp³-hybridized carbons (Fsp3) is 0.500. The summed E-state index contributed by atoms with van der Waals surface area (Å²) < 4.78 is 4.66. The first kappa shape index (κ1) is 11.2. The van der Waals surface area contributed by atoms with Crippen LogP contribution in [-0.2, 0) is 6.42 Å². The van der Waals surface area contributed by atoms with Crippen molar-refractivity contribution in [3.05, 3.63) is 28.3 Å². The van der Waals surface area contributed by atoms with Gasteiger partial charge in [0.25, 0.3) is 0 Å². The van der Waals surface area contributed by atoms with Crippen molar-refractivity contribution in [2.24, 2.45) is 0 Å². The normalized spacial score (nSPS) is 12.9. The third-order valence-electron chi connectivity index (χ3n) is 2.29. The molecule has 86 valence electrons. The molecule has 2 heterocycles. The van der Waals surface area contributed by atoms with E-state index in [0.29, 0.717) is 0 Å². The zero-order valence-electron chi connectivity index (χ0n) is 9.30. The minimum atomic E-state index is 0.261. The van der Waals surface area contributed by atoms with Crippen molar-refractivity contribution in [2.45, 2.75) is 26.3 Å². The van der Waals surface area contributed by atoms with Gasteiger partial charge in [0.2, 0.25) is 6.39 Å². The molecule has 0 saturated carbocycles. The summed E-state index contributed by atoms with van der Waals surface area (Å²) in [5, 5.41) is 10.3. The lowest BCUT2D eigenvalue weighted by Crippen LogP contribution is -2.22. The molecular weight excluding hydrogens is 224 g/mol. The van der Waals surface area contributed by atoms with E-state index in [1.54, 1.807) is 11.3 Å². The molecule has 0 aromatic carbocycles. The van der Waals surface area contributed by atoms with Crippen LogP contribution in [0.15, 0.2) is 16.3 Å². The third kappa shape index (κ3) is 2.86. The Morgan fingerprint density at radius 1 is 1.56 bits per heavy atom. The summed E-state index contributed by atoms with van der Waals surface area (Å²) in [5.41, 5.74) is 1.09. The van der Waals surface area contributed by atoms with Gasteiger partial charge in [-0.15, -0.1) is 11.3 Å². The molecule has 1 atom stereocenters. The number of nitrogens with one attached hydrogen (secondary N) is 1. The van der Waals surface area contributed by atoms with E-state index >= 15 is 0 Å². The molecule has 0 amide bonds. The molecule has 2 aromatic rings. The molecule has 16 heavy (non-hydrogen) atoms. The van der Waals surface area contributed by atoms with E-state index in [0.717, 1.165) is 29.5 Å². The Morgan fingerprint density at radius 3 is 3.06 bits per heavy atom. The van der Waals surface area contributed by atoms with E-state index in [4.69, 9.17) is 0 Å². The fourth-order valence-electron chi connectivity index (χ4n) is 1.39. The van der Waals surface area contributed by atoms with Crippen molar-refractivity contribution in [1.82, 2.24) is 20.4 Å². The predicted molar refractivity (Wildman–Crippen MR) is 61.3 cm³/mol. The smallest absolute Gasteiger partial charge is 0.213 e. The van der Waals surface area contributed by atoms with Crippen LogP contribution in [0, 0.1) is 6.92 Å². The van der Waals surface area contributed by atoms with Crippen LogP contribution in [0.5, 0.6) is 0 Å². The largest absolute Gasteiger partial charge is 0.343 e. The molecule has 1 N–H and O–H groups in total. The van der Waals surface area contributed by atoms with Gasteiger partial charge in [-0.1, -0.05) is 5.16 Å². The number of aromatic nitrogens is 3. The summed E-state index contributed by atoms with van der Waals surface area (Å²) in [4.78, 5) is 8.39. The molecule has 0 bridgehead atoms. The highest BCUT2D eigenvalue weighted by Gasteiger charge is 2.08. The SMILES string of the molecule is Cc1nc(C(C)NCCc2ncon2)cs1. The summed E-state index contributed by atoms with van der Waals surface area (Å²) in [5.74, 6) is 0.731. The van der Waals surface area contributed by atoms with E-state index < -0.39 is 0 Å². The van der Waals surface area contributed by atoms with Gasteiger partial charge < -0.3 is 9.84 Å². The van der Waals surface area contributed by atoms with Gasteiger partial charge in [0, 0.05) is 24.4 Å². The van der Waals surface area contributed by atoms with E-state index in [-0.39, 0.29) is 6.04 Å². The Labute approximate surface area is 97.9 Å².